The van der Waals surface area contributed by atoms with E-state index in [0.29, 0.717) is 5.41 Å². The van der Waals surface area contributed by atoms with Crippen molar-refractivity contribution in [2.24, 2.45) is 5.41 Å². The molecule has 0 aliphatic heterocycles. The normalized spacial score (nSPS) is 18.5. The van der Waals surface area contributed by atoms with Crippen LogP contribution in [0.4, 0.5) is 0 Å². The summed E-state index contributed by atoms with van der Waals surface area (Å²) in [6, 6.07) is 2.31. The molecule has 0 spiro atoms. The number of hydrogen-bond acceptors (Lipinski definition) is 2. The van der Waals surface area contributed by atoms with Crippen molar-refractivity contribution in [2.75, 3.05) is 6.54 Å². The van der Waals surface area contributed by atoms with Gasteiger partial charge < -0.3 is 5.32 Å². The van der Waals surface area contributed by atoms with Crippen LogP contribution in [-0.4, -0.2) is 6.54 Å². The van der Waals surface area contributed by atoms with Gasteiger partial charge in [-0.05, 0) is 43.7 Å². The second-order valence-electron chi connectivity index (χ2n) is 4.85. The minimum absolute atomic E-state index is 0.624. The Morgan fingerprint density at radius 2 is 2.14 bits per heavy atom. The van der Waals surface area contributed by atoms with Gasteiger partial charge in [0.05, 0.1) is 0 Å². The highest BCUT2D eigenvalue weighted by Crippen LogP contribution is 2.44. The van der Waals surface area contributed by atoms with Crippen molar-refractivity contribution >= 4 is 11.3 Å². The Morgan fingerprint density at radius 1 is 1.43 bits per heavy atom. The molecule has 1 aliphatic carbocycles. The minimum Gasteiger partial charge on any atom is -0.312 e. The number of nitrogens with one attached hydrogen (secondary N) is 1. The first-order valence-corrected chi connectivity index (χ1v) is 6.17. The summed E-state index contributed by atoms with van der Waals surface area (Å²) in [4.78, 5) is 2.90. The standard InChI is InChI=1S/C12H19NS/c1-9-6-11(10(2)14-9)7-13-8-12(3)4-5-12/h6,13H,4-5,7-8H2,1-3H3. The summed E-state index contributed by atoms with van der Waals surface area (Å²) in [5.41, 5.74) is 2.11. The number of thiophene rings is 1. The molecule has 0 atom stereocenters. The van der Waals surface area contributed by atoms with E-state index >= 15 is 0 Å². The Balaban J connectivity index is 1.82. The van der Waals surface area contributed by atoms with E-state index in [1.807, 2.05) is 11.3 Å². The van der Waals surface area contributed by atoms with Gasteiger partial charge in [-0.2, -0.15) is 0 Å². The first kappa shape index (κ1) is 10.2. The zero-order chi connectivity index (χ0) is 10.2. The number of hydrogen-bond donors (Lipinski definition) is 1. The monoisotopic (exact) mass is 209 g/mol. The van der Waals surface area contributed by atoms with E-state index in [2.05, 4.69) is 32.2 Å². The highest BCUT2D eigenvalue weighted by Gasteiger charge is 2.36. The molecule has 1 fully saturated rings. The van der Waals surface area contributed by atoms with Gasteiger partial charge in [0, 0.05) is 22.8 Å². The fraction of sp³-hybridized carbons (Fsp3) is 0.667. The lowest BCUT2D eigenvalue weighted by molar-refractivity contribution is 0.499. The molecule has 1 saturated carbocycles. The third-order valence-corrected chi connectivity index (χ3v) is 4.12. The lowest BCUT2D eigenvalue weighted by atomic mass is 10.1. The van der Waals surface area contributed by atoms with Gasteiger partial charge >= 0.3 is 0 Å². The first-order valence-electron chi connectivity index (χ1n) is 5.36. The number of rotatable bonds is 4. The van der Waals surface area contributed by atoms with Crippen molar-refractivity contribution in [3.63, 3.8) is 0 Å². The van der Waals surface area contributed by atoms with Crippen LogP contribution in [0, 0.1) is 19.3 Å². The molecule has 78 valence electrons. The van der Waals surface area contributed by atoms with Crippen molar-refractivity contribution in [2.45, 2.75) is 40.2 Å². The summed E-state index contributed by atoms with van der Waals surface area (Å²) in [7, 11) is 0. The van der Waals surface area contributed by atoms with Crippen LogP contribution < -0.4 is 5.32 Å². The third kappa shape index (κ3) is 2.37. The lowest BCUT2D eigenvalue weighted by Gasteiger charge is -2.09. The summed E-state index contributed by atoms with van der Waals surface area (Å²) in [6.07, 6.45) is 2.81. The van der Waals surface area contributed by atoms with E-state index in [1.165, 1.54) is 34.7 Å². The fourth-order valence-corrected chi connectivity index (χ4v) is 2.69. The van der Waals surface area contributed by atoms with Crippen LogP contribution in [0.3, 0.4) is 0 Å². The second-order valence-corrected chi connectivity index (χ2v) is 6.31. The van der Waals surface area contributed by atoms with Crippen LogP contribution >= 0.6 is 11.3 Å². The van der Waals surface area contributed by atoms with Gasteiger partial charge in [0.15, 0.2) is 0 Å². The van der Waals surface area contributed by atoms with E-state index in [9.17, 15) is 0 Å². The fourth-order valence-electron chi connectivity index (χ4n) is 1.75. The smallest absolute Gasteiger partial charge is 0.0216 e. The molecule has 1 heterocycles. The summed E-state index contributed by atoms with van der Waals surface area (Å²) >= 11 is 1.90. The van der Waals surface area contributed by atoms with Gasteiger partial charge in [-0.15, -0.1) is 11.3 Å². The van der Waals surface area contributed by atoms with Gasteiger partial charge in [-0.1, -0.05) is 6.92 Å². The van der Waals surface area contributed by atoms with Crippen molar-refractivity contribution in [1.29, 1.82) is 0 Å². The zero-order valence-electron chi connectivity index (χ0n) is 9.31. The maximum absolute atomic E-state index is 3.56. The summed E-state index contributed by atoms with van der Waals surface area (Å²) in [5.74, 6) is 0. The first-order chi connectivity index (χ1) is 6.59. The van der Waals surface area contributed by atoms with Crippen molar-refractivity contribution in [3.05, 3.63) is 21.4 Å². The second kappa shape index (κ2) is 3.67. The van der Waals surface area contributed by atoms with Crippen molar-refractivity contribution in [3.8, 4) is 0 Å². The Bertz CT molecular complexity index is 323. The summed E-state index contributed by atoms with van der Waals surface area (Å²) in [6.45, 7) is 9.00. The molecule has 0 bridgehead atoms. The van der Waals surface area contributed by atoms with Crippen LogP contribution in [0.2, 0.25) is 0 Å². The summed E-state index contributed by atoms with van der Waals surface area (Å²) < 4.78 is 0. The topological polar surface area (TPSA) is 12.0 Å². The Labute approximate surface area is 90.5 Å². The average molecular weight is 209 g/mol. The lowest BCUT2D eigenvalue weighted by Crippen LogP contribution is -2.21. The molecule has 1 nitrogen and oxygen atoms in total. The highest BCUT2D eigenvalue weighted by molar-refractivity contribution is 7.12. The molecule has 14 heavy (non-hydrogen) atoms. The quantitative estimate of drug-likeness (QED) is 0.802. The predicted molar refractivity (Wildman–Crippen MR) is 62.8 cm³/mol. The third-order valence-electron chi connectivity index (χ3n) is 3.11. The van der Waals surface area contributed by atoms with E-state index in [4.69, 9.17) is 0 Å². The highest BCUT2D eigenvalue weighted by atomic mass is 32.1. The molecule has 2 rings (SSSR count). The summed E-state index contributed by atoms with van der Waals surface area (Å²) in [5, 5.41) is 3.56. The largest absolute Gasteiger partial charge is 0.312 e. The molecule has 2 heteroatoms. The van der Waals surface area contributed by atoms with Gasteiger partial charge in [-0.3, -0.25) is 0 Å². The van der Waals surface area contributed by atoms with Gasteiger partial charge in [0.25, 0.3) is 0 Å². The Kier molecular flexibility index (Phi) is 2.67. The molecular formula is C12H19NS. The molecule has 1 aromatic heterocycles. The van der Waals surface area contributed by atoms with Crippen LogP contribution in [0.5, 0.6) is 0 Å². The minimum atomic E-state index is 0.624. The van der Waals surface area contributed by atoms with Gasteiger partial charge in [0.1, 0.15) is 0 Å². The molecule has 1 aliphatic rings. The Hall–Kier alpha value is -0.340. The molecule has 0 amide bonds. The van der Waals surface area contributed by atoms with Crippen LogP contribution in [-0.2, 0) is 6.54 Å². The number of aryl methyl sites for hydroxylation is 2. The van der Waals surface area contributed by atoms with Crippen molar-refractivity contribution in [1.82, 2.24) is 5.32 Å². The Morgan fingerprint density at radius 3 is 2.64 bits per heavy atom. The van der Waals surface area contributed by atoms with Crippen LogP contribution in [0.25, 0.3) is 0 Å². The average Bonchev–Trinajstić information content (AvgIpc) is 2.73. The van der Waals surface area contributed by atoms with E-state index in [-0.39, 0.29) is 0 Å². The molecule has 0 aromatic carbocycles. The zero-order valence-corrected chi connectivity index (χ0v) is 10.1. The molecule has 0 radical (unpaired) electrons. The molecular weight excluding hydrogens is 190 g/mol. The maximum atomic E-state index is 3.56. The SMILES string of the molecule is Cc1cc(CNCC2(C)CC2)c(C)s1. The van der Waals surface area contributed by atoms with E-state index in [0.717, 1.165) is 6.54 Å². The van der Waals surface area contributed by atoms with E-state index < -0.39 is 0 Å². The van der Waals surface area contributed by atoms with Crippen molar-refractivity contribution < 1.29 is 0 Å². The molecule has 0 saturated heterocycles. The molecule has 1 aromatic rings. The molecule has 1 N–H and O–H groups in total. The molecule has 0 unspecified atom stereocenters. The predicted octanol–water partition coefficient (Wildman–Crippen LogP) is 3.25. The maximum Gasteiger partial charge on any atom is 0.0216 e. The van der Waals surface area contributed by atoms with Crippen LogP contribution in [0.1, 0.15) is 35.1 Å². The van der Waals surface area contributed by atoms with Gasteiger partial charge in [-0.25, -0.2) is 0 Å². The van der Waals surface area contributed by atoms with Gasteiger partial charge in [0.2, 0.25) is 0 Å². The van der Waals surface area contributed by atoms with E-state index in [1.54, 1.807) is 0 Å². The van der Waals surface area contributed by atoms with Crippen LogP contribution in [0.15, 0.2) is 6.07 Å².